The van der Waals surface area contributed by atoms with Gasteiger partial charge in [-0.05, 0) is 70.6 Å². The number of nitriles is 1. The van der Waals surface area contributed by atoms with E-state index in [9.17, 15) is 13.2 Å². The van der Waals surface area contributed by atoms with Gasteiger partial charge in [0.25, 0.3) is 0 Å². The number of fused-ring (bicyclic) bond motifs is 1. The maximum atomic E-state index is 14.0. The highest BCUT2D eigenvalue weighted by Gasteiger charge is 2.42. The lowest BCUT2D eigenvalue weighted by Crippen LogP contribution is -2.44. The molecule has 0 radical (unpaired) electrons. The Morgan fingerprint density at radius 2 is 2.00 bits per heavy atom. The van der Waals surface area contributed by atoms with Gasteiger partial charge in [0.2, 0.25) is 15.9 Å². The fraction of sp³-hybridized carbons (Fsp3) is 0.222. The van der Waals surface area contributed by atoms with Gasteiger partial charge in [0.15, 0.2) is 0 Å². The van der Waals surface area contributed by atoms with Crippen LogP contribution in [0.4, 0.5) is 0 Å². The Balaban J connectivity index is 1.49. The average molecular weight is 533 g/mol. The molecule has 8 nitrogen and oxygen atoms in total. The number of methoxy groups -OCH3 is 1. The maximum absolute atomic E-state index is 14.0. The number of benzene rings is 2. The first-order chi connectivity index (χ1) is 17.9. The van der Waals surface area contributed by atoms with Gasteiger partial charge in [-0.25, -0.2) is 8.42 Å². The Bertz CT molecular complexity index is 1600. The van der Waals surface area contributed by atoms with Crippen LogP contribution in [0.1, 0.15) is 22.6 Å². The predicted molar refractivity (Wildman–Crippen MR) is 140 cm³/mol. The Labute approximate surface area is 219 Å². The summed E-state index contributed by atoms with van der Waals surface area (Å²) in [6.07, 6.45) is 1.97. The van der Waals surface area contributed by atoms with Crippen molar-refractivity contribution in [2.75, 3.05) is 13.7 Å². The molecule has 0 bridgehead atoms. The number of carbonyl (C=O) groups is 1. The molecular weight excluding hydrogens is 508 g/mol. The van der Waals surface area contributed by atoms with Gasteiger partial charge in [0.05, 0.1) is 24.2 Å². The first-order valence-electron chi connectivity index (χ1n) is 11.6. The number of pyridine rings is 1. The molecule has 2 aromatic heterocycles. The zero-order valence-corrected chi connectivity index (χ0v) is 21.7. The van der Waals surface area contributed by atoms with Crippen molar-refractivity contribution < 1.29 is 17.9 Å². The topological polar surface area (TPSA) is 104 Å². The smallest absolute Gasteiger partial charge is 0.244 e. The second kappa shape index (κ2) is 10.3. The van der Waals surface area contributed by atoms with E-state index in [1.165, 1.54) is 15.6 Å². The van der Waals surface area contributed by atoms with E-state index >= 15 is 0 Å². The summed E-state index contributed by atoms with van der Waals surface area (Å²) in [5.41, 5.74) is 1.41. The molecular formula is C27H24N4O4S2. The summed E-state index contributed by atoms with van der Waals surface area (Å²) in [5, 5.41) is 12.6. The zero-order chi connectivity index (χ0) is 26.0. The van der Waals surface area contributed by atoms with Crippen molar-refractivity contribution in [3.05, 3.63) is 88.4 Å². The van der Waals surface area contributed by atoms with Crippen LogP contribution in [0, 0.1) is 11.3 Å². The number of thiophene rings is 1. The Kier molecular flexibility index (Phi) is 6.93. The summed E-state index contributed by atoms with van der Waals surface area (Å²) in [7, 11) is -2.50. The molecule has 0 aliphatic carbocycles. The van der Waals surface area contributed by atoms with E-state index in [1.807, 2.05) is 17.5 Å². The van der Waals surface area contributed by atoms with E-state index in [-0.39, 0.29) is 17.3 Å². The van der Waals surface area contributed by atoms with Crippen molar-refractivity contribution in [2.45, 2.75) is 30.4 Å². The van der Waals surface area contributed by atoms with Crippen LogP contribution in [-0.4, -0.2) is 48.2 Å². The second-order valence-corrected chi connectivity index (χ2v) is 11.5. The molecule has 1 atom stereocenters. The highest BCUT2D eigenvalue weighted by atomic mass is 32.2. The Morgan fingerprint density at radius 3 is 2.73 bits per heavy atom. The minimum atomic E-state index is -4.06. The molecule has 0 N–H and O–H groups in total. The Hall–Kier alpha value is -3.78. The van der Waals surface area contributed by atoms with Crippen LogP contribution in [0.15, 0.2) is 77.1 Å². The molecule has 188 valence electrons. The lowest BCUT2D eigenvalue weighted by molar-refractivity contribution is -0.131. The van der Waals surface area contributed by atoms with E-state index in [1.54, 1.807) is 66.7 Å². The van der Waals surface area contributed by atoms with Gasteiger partial charge in [0, 0.05) is 19.3 Å². The number of hydrogen-bond donors (Lipinski definition) is 0. The third-order valence-corrected chi connectivity index (χ3v) is 9.16. The van der Waals surface area contributed by atoms with E-state index in [4.69, 9.17) is 10.00 Å². The normalized spacial score (nSPS) is 15.9. The molecule has 3 heterocycles. The van der Waals surface area contributed by atoms with E-state index in [0.717, 1.165) is 16.3 Å². The summed E-state index contributed by atoms with van der Waals surface area (Å²) in [6.45, 7) is 0.728. The van der Waals surface area contributed by atoms with Gasteiger partial charge in [-0.15, -0.1) is 11.3 Å². The molecule has 2 aromatic carbocycles. The molecule has 1 aliphatic heterocycles. The zero-order valence-electron chi connectivity index (χ0n) is 20.1. The SMILES string of the molecule is COc1ccc2ccc(S(=O)(=O)N(Cc3ccccn3)[C@H]3CCN(Cc4csc(C#N)c4)C3=O)cc2c1. The molecule has 1 fully saturated rings. The van der Waals surface area contributed by atoms with Crippen LogP contribution in [0.25, 0.3) is 10.8 Å². The monoisotopic (exact) mass is 532 g/mol. The summed E-state index contributed by atoms with van der Waals surface area (Å²) >= 11 is 1.33. The van der Waals surface area contributed by atoms with Crippen LogP contribution >= 0.6 is 11.3 Å². The fourth-order valence-corrected chi connectivity index (χ4v) is 6.84. The summed E-state index contributed by atoms with van der Waals surface area (Å²) in [4.78, 5) is 20.2. The maximum Gasteiger partial charge on any atom is 0.244 e. The number of nitrogens with zero attached hydrogens (tertiary/aromatic N) is 4. The van der Waals surface area contributed by atoms with Gasteiger partial charge in [-0.2, -0.15) is 9.57 Å². The summed E-state index contributed by atoms with van der Waals surface area (Å²) in [6, 6.07) is 18.7. The highest BCUT2D eigenvalue weighted by molar-refractivity contribution is 7.89. The predicted octanol–water partition coefficient (Wildman–Crippen LogP) is 4.17. The van der Waals surface area contributed by atoms with Crippen LogP contribution in [-0.2, 0) is 27.9 Å². The number of carbonyl (C=O) groups excluding carboxylic acids is 1. The lowest BCUT2D eigenvalue weighted by atomic mass is 10.1. The molecule has 0 saturated carbocycles. The number of rotatable bonds is 8. The second-order valence-electron chi connectivity index (χ2n) is 8.74. The summed E-state index contributed by atoms with van der Waals surface area (Å²) < 4.78 is 34.6. The minimum absolute atomic E-state index is 0.0272. The third kappa shape index (κ3) is 5.06. The van der Waals surface area contributed by atoms with Crippen molar-refractivity contribution in [3.63, 3.8) is 0 Å². The standard InChI is InChI=1S/C27H24N4O4S2/c1-35-23-7-5-20-6-8-25(14-21(20)13-23)37(33,34)31(17-22-4-2-3-10-29-22)26-9-11-30(27(26)32)16-19-12-24(15-28)36-18-19/h2-8,10,12-14,18,26H,9,11,16-17H2,1H3/t26-/m0/s1. The number of likely N-dealkylation sites (tertiary alicyclic amines) is 1. The number of ether oxygens (including phenoxy) is 1. The molecule has 0 spiro atoms. The van der Waals surface area contributed by atoms with E-state index in [0.29, 0.717) is 35.8 Å². The van der Waals surface area contributed by atoms with Gasteiger partial charge in [0.1, 0.15) is 22.7 Å². The quantitative estimate of drug-likeness (QED) is 0.337. The van der Waals surface area contributed by atoms with Gasteiger partial charge >= 0.3 is 0 Å². The molecule has 1 amide bonds. The van der Waals surface area contributed by atoms with Gasteiger partial charge in [-0.3, -0.25) is 9.78 Å². The van der Waals surface area contributed by atoms with Crippen molar-refractivity contribution >= 4 is 38.0 Å². The van der Waals surface area contributed by atoms with Crippen LogP contribution in [0.5, 0.6) is 5.75 Å². The largest absolute Gasteiger partial charge is 0.497 e. The molecule has 0 unspecified atom stereocenters. The fourth-order valence-electron chi connectivity index (χ4n) is 4.52. The lowest BCUT2D eigenvalue weighted by Gasteiger charge is -2.27. The van der Waals surface area contributed by atoms with Crippen molar-refractivity contribution in [3.8, 4) is 11.8 Å². The number of amides is 1. The van der Waals surface area contributed by atoms with Gasteiger partial charge in [-0.1, -0.05) is 18.2 Å². The number of aromatic nitrogens is 1. The molecule has 1 saturated heterocycles. The van der Waals surface area contributed by atoms with E-state index in [2.05, 4.69) is 11.1 Å². The summed E-state index contributed by atoms with van der Waals surface area (Å²) in [5.74, 6) is 0.369. The number of hydrogen-bond acceptors (Lipinski definition) is 7. The van der Waals surface area contributed by atoms with Gasteiger partial charge < -0.3 is 9.64 Å². The molecule has 5 rings (SSSR count). The first kappa shape index (κ1) is 24.9. The van der Waals surface area contributed by atoms with Crippen molar-refractivity contribution in [1.82, 2.24) is 14.2 Å². The average Bonchev–Trinajstić information content (AvgIpc) is 3.53. The van der Waals surface area contributed by atoms with Crippen LogP contribution in [0.2, 0.25) is 0 Å². The molecule has 10 heteroatoms. The molecule has 4 aromatic rings. The van der Waals surface area contributed by atoms with Crippen molar-refractivity contribution in [1.29, 1.82) is 5.26 Å². The minimum Gasteiger partial charge on any atom is -0.497 e. The molecule has 1 aliphatic rings. The Morgan fingerprint density at radius 1 is 1.16 bits per heavy atom. The van der Waals surface area contributed by atoms with Crippen molar-refractivity contribution in [2.24, 2.45) is 0 Å². The highest BCUT2D eigenvalue weighted by Crippen LogP contribution is 2.30. The van der Waals surface area contributed by atoms with Crippen LogP contribution < -0.4 is 4.74 Å². The molecule has 37 heavy (non-hydrogen) atoms. The van der Waals surface area contributed by atoms with E-state index < -0.39 is 16.1 Å². The first-order valence-corrected chi connectivity index (χ1v) is 14.0. The third-order valence-electron chi connectivity index (χ3n) is 6.42. The van der Waals surface area contributed by atoms with Crippen LogP contribution in [0.3, 0.4) is 0 Å². The number of sulfonamides is 1.